The van der Waals surface area contributed by atoms with Gasteiger partial charge in [-0.3, -0.25) is 4.79 Å². The Kier molecular flexibility index (Phi) is 9.63. The van der Waals surface area contributed by atoms with Crippen LogP contribution in [-0.4, -0.2) is 31.5 Å². The first-order valence-electron chi connectivity index (χ1n) is 4.35. The van der Waals surface area contributed by atoms with Crippen LogP contribution in [0.25, 0.3) is 0 Å². The largest absolute Gasteiger partial charge is 0.392 e. The van der Waals surface area contributed by atoms with Gasteiger partial charge in [-0.15, -0.1) is 0 Å². The van der Waals surface area contributed by atoms with Gasteiger partial charge in [0.25, 0.3) is 0 Å². The summed E-state index contributed by atoms with van der Waals surface area (Å²) in [5, 5.41) is 0. The van der Waals surface area contributed by atoms with Crippen LogP contribution in [0.5, 0.6) is 0 Å². The molecule has 0 saturated carbocycles. The Bertz CT molecular complexity index is 133. The molecule has 0 aliphatic heterocycles. The summed E-state index contributed by atoms with van der Waals surface area (Å²) in [6.45, 7) is 3.48. The highest BCUT2D eigenvalue weighted by Gasteiger charge is 1.94. The second kappa shape index (κ2) is 9.83. The van der Waals surface area contributed by atoms with Crippen LogP contribution < -0.4 is 5.73 Å². The fourth-order valence-corrected chi connectivity index (χ4v) is 1.12. The van der Waals surface area contributed by atoms with Crippen molar-refractivity contribution >= 4 is 18.0 Å². The molecule has 0 atom stereocenters. The number of carbonyl (C=O) groups excluding carboxylic acids is 1. The number of nitrogens with two attached hydrogens (primary N) is 1. The van der Waals surface area contributed by atoms with Crippen molar-refractivity contribution in [1.29, 1.82) is 0 Å². The van der Waals surface area contributed by atoms with E-state index in [1.54, 1.807) is 0 Å². The Labute approximate surface area is 83.4 Å². The molecule has 0 aliphatic carbocycles. The van der Waals surface area contributed by atoms with Crippen molar-refractivity contribution in [3.63, 3.8) is 0 Å². The molecule has 4 nitrogen and oxygen atoms in total. The number of hydrogen-bond acceptors (Lipinski definition) is 5. The molecule has 0 radical (unpaired) electrons. The van der Waals surface area contributed by atoms with Crippen LogP contribution in [0, 0.1) is 0 Å². The zero-order valence-electron chi connectivity index (χ0n) is 7.95. The minimum Gasteiger partial charge on any atom is -0.392 e. The molecule has 0 heterocycles. The van der Waals surface area contributed by atoms with Crippen molar-refractivity contribution in [3.05, 3.63) is 0 Å². The van der Waals surface area contributed by atoms with E-state index >= 15 is 0 Å². The maximum absolute atomic E-state index is 10.3. The summed E-state index contributed by atoms with van der Waals surface area (Å²) < 4.78 is 9.92. The molecule has 0 rings (SSSR count). The van der Waals surface area contributed by atoms with Crippen molar-refractivity contribution in [2.75, 3.05) is 25.5 Å². The van der Waals surface area contributed by atoms with Crippen molar-refractivity contribution in [2.24, 2.45) is 5.73 Å². The van der Waals surface area contributed by atoms with Gasteiger partial charge < -0.3 is 14.7 Å². The summed E-state index contributed by atoms with van der Waals surface area (Å²) in [7, 11) is 0. The third-order valence-electron chi connectivity index (χ3n) is 1.19. The van der Waals surface area contributed by atoms with Crippen LogP contribution >= 0.6 is 12.0 Å². The standard InChI is InChI=1S/C8H17NO3S/c1-8(10)12-13-7-3-6-11-5-2-4-9/h2-7,9H2,1H3. The zero-order valence-corrected chi connectivity index (χ0v) is 8.77. The summed E-state index contributed by atoms with van der Waals surface area (Å²) in [6.07, 6.45) is 1.79. The Morgan fingerprint density at radius 1 is 1.38 bits per heavy atom. The normalized spacial score (nSPS) is 10.0. The van der Waals surface area contributed by atoms with Gasteiger partial charge in [-0.1, -0.05) is 0 Å². The maximum Gasteiger partial charge on any atom is 0.314 e. The highest BCUT2D eigenvalue weighted by molar-refractivity contribution is 7.95. The lowest BCUT2D eigenvalue weighted by atomic mass is 10.4. The molecular formula is C8H17NO3S. The fourth-order valence-electron chi connectivity index (χ4n) is 0.632. The van der Waals surface area contributed by atoms with E-state index in [4.69, 9.17) is 10.5 Å². The minimum absolute atomic E-state index is 0.256. The summed E-state index contributed by atoms with van der Waals surface area (Å²) in [5.74, 6) is 0.524. The van der Waals surface area contributed by atoms with Crippen molar-refractivity contribution in [1.82, 2.24) is 0 Å². The smallest absolute Gasteiger partial charge is 0.314 e. The SMILES string of the molecule is CC(=O)OSCCCOCCCN. The van der Waals surface area contributed by atoms with E-state index < -0.39 is 0 Å². The third kappa shape index (κ3) is 11.7. The molecule has 0 spiro atoms. The average Bonchev–Trinajstić information content (AvgIpc) is 2.09. The van der Waals surface area contributed by atoms with E-state index in [0.717, 1.165) is 18.6 Å². The topological polar surface area (TPSA) is 61.5 Å². The monoisotopic (exact) mass is 207 g/mol. The molecule has 0 amide bonds. The van der Waals surface area contributed by atoms with Gasteiger partial charge >= 0.3 is 5.97 Å². The van der Waals surface area contributed by atoms with Gasteiger partial charge in [0.05, 0.1) is 12.0 Å². The van der Waals surface area contributed by atoms with Gasteiger partial charge in [0.2, 0.25) is 0 Å². The first kappa shape index (κ1) is 12.7. The van der Waals surface area contributed by atoms with Crippen LogP contribution in [0.15, 0.2) is 0 Å². The van der Waals surface area contributed by atoms with Crippen LogP contribution in [0.2, 0.25) is 0 Å². The molecule has 0 unspecified atom stereocenters. The first-order valence-corrected chi connectivity index (χ1v) is 5.26. The van der Waals surface area contributed by atoms with E-state index in [9.17, 15) is 4.79 Å². The maximum atomic E-state index is 10.3. The van der Waals surface area contributed by atoms with Crippen LogP contribution in [0.1, 0.15) is 19.8 Å². The molecule has 0 aromatic rings. The average molecular weight is 207 g/mol. The van der Waals surface area contributed by atoms with E-state index in [-0.39, 0.29) is 5.97 Å². The van der Waals surface area contributed by atoms with Gasteiger partial charge in [-0.25, -0.2) is 0 Å². The van der Waals surface area contributed by atoms with Crippen LogP contribution in [-0.2, 0) is 13.7 Å². The number of carbonyl (C=O) groups is 1. The summed E-state index contributed by atoms with van der Waals surface area (Å²) in [5.41, 5.74) is 5.28. The number of ether oxygens (including phenoxy) is 1. The molecule has 0 saturated heterocycles. The Morgan fingerprint density at radius 3 is 2.69 bits per heavy atom. The molecule has 0 aromatic heterocycles. The predicted molar refractivity (Wildman–Crippen MR) is 53.3 cm³/mol. The molecule has 78 valence electrons. The molecular weight excluding hydrogens is 190 g/mol. The fraction of sp³-hybridized carbons (Fsp3) is 0.875. The zero-order chi connectivity index (χ0) is 9.94. The highest BCUT2D eigenvalue weighted by Crippen LogP contribution is 2.04. The number of hydrogen-bond donors (Lipinski definition) is 1. The van der Waals surface area contributed by atoms with Crippen molar-refractivity contribution in [3.8, 4) is 0 Å². The minimum atomic E-state index is -0.256. The van der Waals surface area contributed by atoms with E-state index in [0.29, 0.717) is 19.8 Å². The molecule has 0 bridgehead atoms. The Hall–Kier alpha value is -0.260. The Morgan fingerprint density at radius 2 is 2.08 bits per heavy atom. The van der Waals surface area contributed by atoms with Crippen molar-refractivity contribution in [2.45, 2.75) is 19.8 Å². The molecule has 5 heteroatoms. The third-order valence-corrected chi connectivity index (χ3v) is 1.99. The van der Waals surface area contributed by atoms with Gasteiger partial charge in [0.1, 0.15) is 0 Å². The predicted octanol–water partition coefficient (Wildman–Crippen LogP) is 0.953. The molecule has 2 N–H and O–H groups in total. The molecule has 0 aliphatic rings. The van der Waals surface area contributed by atoms with Crippen LogP contribution in [0.4, 0.5) is 0 Å². The van der Waals surface area contributed by atoms with E-state index in [1.807, 2.05) is 0 Å². The van der Waals surface area contributed by atoms with Crippen molar-refractivity contribution < 1.29 is 13.7 Å². The summed E-state index contributed by atoms with van der Waals surface area (Å²) in [6, 6.07) is 0. The molecule has 0 fully saturated rings. The van der Waals surface area contributed by atoms with Crippen LogP contribution in [0.3, 0.4) is 0 Å². The number of rotatable bonds is 8. The highest BCUT2D eigenvalue weighted by atomic mass is 32.2. The lowest BCUT2D eigenvalue weighted by Crippen LogP contribution is -2.05. The molecule has 13 heavy (non-hydrogen) atoms. The van der Waals surface area contributed by atoms with E-state index in [1.165, 1.54) is 19.0 Å². The van der Waals surface area contributed by atoms with Gasteiger partial charge in [0.15, 0.2) is 0 Å². The van der Waals surface area contributed by atoms with E-state index in [2.05, 4.69) is 4.18 Å². The van der Waals surface area contributed by atoms with Gasteiger partial charge in [-0.2, -0.15) is 0 Å². The second-order valence-corrected chi connectivity index (χ2v) is 3.32. The molecule has 0 aromatic carbocycles. The summed E-state index contributed by atoms with van der Waals surface area (Å²) >= 11 is 1.17. The first-order chi connectivity index (χ1) is 6.27. The lowest BCUT2D eigenvalue weighted by molar-refractivity contribution is -0.130. The second-order valence-electron chi connectivity index (χ2n) is 2.51. The summed E-state index contributed by atoms with van der Waals surface area (Å²) in [4.78, 5) is 10.3. The quantitative estimate of drug-likeness (QED) is 0.474. The lowest BCUT2D eigenvalue weighted by Gasteiger charge is -2.02. The van der Waals surface area contributed by atoms with Gasteiger partial charge in [0, 0.05) is 25.9 Å². The van der Waals surface area contributed by atoms with Gasteiger partial charge in [-0.05, 0) is 19.4 Å². The Balaban J connectivity index is 2.87.